The number of rotatable bonds is 0. The van der Waals surface area contributed by atoms with Crippen LogP contribution in [0.1, 0.15) is 6.92 Å². The number of nitriles is 1. The smallest absolute Gasteiger partial charge is 0.0997 e. The predicted molar refractivity (Wildman–Crippen MR) is 44.6 cm³/mol. The van der Waals surface area contributed by atoms with E-state index in [0.29, 0.717) is 0 Å². The maximum absolute atomic E-state index is 8.53. The molecular weight excluding hydrogens is 142 g/mol. The highest BCUT2D eigenvalue weighted by Crippen LogP contribution is 2.12. The Balaban J connectivity index is 2.87. The van der Waals surface area contributed by atoms with Crippen LogP contribution in [0.3, 0.4) is 0 Å². The quantitative estimate of drug-likeness (QED) is 0.492. The Morgan fingerprint density at radius 2 is 2.40 bits per heavy atom. The highest BCUT2D eigenvalue weighted by Gasteiger charge is 2.10. The molecule has 0 aliphatic heterocycles. The SMILES string of the molecule is CC1=CC(=S)C(C#N)C=C1. The lowest BCUT2D eigenvalue weighted by Gasteiger charge is -2.06. The van der Waals surface area contributed by atoms with Crippen LogP contribution >= 0.6 is 12.2 Å². The van der Waals surface area contributed by atoms with Crippen molar-refractivity contribution < 1.29 is 0 Å². The monoisotopic (exact) mass is 149 g/mol. The fraction of sp³-hybridized carbons (Fsp3) is 0.250. The van der Waals surface area contributed by atoms with E-state index in [1.54, 1.807) is 0 Å². The van der Waals surface area contributed by atoms with E-state index in [1.807, 2.05) is 25.2 Å². The van der Waals surface area contributed by atoms with E-state index in [1.165, 1.54) is 0 Å². The fourth-order valence-corrected chi connectivity index (χ4v) is 1.13. The molecule has 1 unspecified atom stereocenters. The van der Waals surface area contributed by atoms with E-state index in [4.69, 9.17) is 17.5 Å². The lowest BCUT2D eigenvalue weighted by molar-refractivity contribution is 1.15. The summed E-state index contributed by atoms with van der Waals surface area (Å²) in [6.07, 6.45) is 5.62. The molecule has 0 saturated carbocycles. The fourth-order valence-electron chi connectivity index (χ4n) is 0.812. The van der Waals surface area contributed by atoms with Crippen molar-refractivity contribution in [1.29, 1.82) is 5.26 Å². The van der Waals surface area contributed by atoms with Crippen molar-refractivity contribution in [1.82, 2.24) is 0 Å². The Bertz CT molecular complexity index is 255. The average molecular weight is 149 g/mol. The summed E-state index contributed by atoms with van der Waals surface area (Å²) in [7, 11) is 0. The minimum absolute atomic E-state index is 0.182. The molecule has 0 aromatic carbocycles. The number of nitrogens with zero attached hydrogens (tertiary/aromatic N) is 1. The van der Waals surface area contributed by atoms with Crippen molar-refractivity contribution in [2.24, 2.45) is 5.92 Å². The summed E-state index contributed by atoms with van der Waals surface area (Å²) in [6, 6.07) is 2.10. The highest BCUT2D eigenvalue weighted by atomic mass is 32.1. The zero-order valence-corrected chi connectivity index (χ0v) is 6.48. The van der Waals surface area contributed by atoms with Gasteiger partial charge in [-0.25, -0.2) is 0 Å². The molecule has 0 N–H and O–H groups in total. The minimum atomic E-state index is -0.182. The number of hydrogen-bond donors (Lipinski definition) is 0. The molecule has 0 heterocycles. The molecule has 0 amide bonds. The van der Waals surface area contributed by atoms with Gasteiger partial charge in [0.1, 0.15) is 0 Å². The normalized spacial score (nSPS) is 23.8. The van der Waals surface area contributed by atoms with Gasteiger partial charge in [0.15, 0.2) is 0 Å². The maximum atomic E-state index is 8.53. The summed E-state index contributed by atoms with van der Waals surface area (Å²) in [5, 5.41) is 8.53. The standard InChI is InChI=1S/C8H7NS/c1-6-2-3-7(5-9)8(10)4-6/h2-4,7H,1H3. The van der Waals surface area contributed by atoms with Crippen molar-refractivity contribution >= 4 is 17.1 Å². The first kappa shape index (κ1) is 7.17. The molecule has 0 fully saturated rings. The molecule has 1 aliphatic carbocycles. The van der Waals surface area contributed by atoms with E-state index in [9.17, 15) is 0 Å². The van der Waals surface area contributed by atoms with Crippen molar-refractivity contribution in [3.63, 3.8) is 0 Å². The van der Waals surface area contributed by atoms with Crippen LogP contribution in [0.15, 0.2) is 23.8 Å². The molecule has 0 aromatic rings. The molecule has 0 radical (unpaired) electrons. The van der Waals surface area contributed by atoms with E-state index in [2.05, 4.69) is 6.07 Å². The summed E-state index contributed by atoms with van der Waals surface area (Å²) in [6.45, 7) is 1.97. The molecular formula is C8H7NS. The first-order valence-electron chi connectivity index (χ1n) is 3.04. The molecule has 0 saturated heterocycles. The van der Waals surface area contributed by atoms with Gasteiger partial charge in [-0.3, -0.25) is 0 Å². The molecule has 50 valence electrons. The molecule has 0 bridgehead atoms. The van der Waals surface area contributed by atoms with Gasteiger partial charge in [-0.2, -0.15) is 5.26 Å². The lowest BCUT2D eigenvalue weighted by atomic mass is 9.99. The second-order valence-electron chi connectivity index (χ2n) is 2.26. The molecule has 10 heavy (non-hydrogen) atoms. The maximum Gasteiger partial charge on any atom is 0.0997 e. The van der Waals surface area contributed by atoms with Crippen LogP contribution < -0.4 is 0 Å². The third kappa shape index (κ3) is 1.31. The molecule has 1 rings (SSSR count). The first-order chi connectivity index (χ1) is 4.74. The second kappa shape index (κ2) is 2.76. The van der Waals surface area contributed by atoms with Crippen molar-refractivity contribution in [2.75, 3.05) is 0 Å². The van der Waals surface area contributed by atoms with E-state index in [-0.39, 0.29) is 5.92 Å². The van der Waals surface area contributed by atoms with Crippen molar-refractivity contribution in [3.05, 3.63) is 23.8 Å². The Hall–Kier alpha value is -0.940. The van der Waals surface area contributed by atoms with Gasteiger partial charge in [0.05, 0.1) is 12.0 Å². The molecule has 0 aromatic heterocycles. The van der Waals surface area contributed by atoms with Crippen LogP contribution in [-0.4, -0.2) is 4.86 Å². The average Bonchev–Trinajstić information content (AvgIpc) is 1.88. The number of hydrogen-bond acceptors (Lipinski definition) is 2. The summed E-state index contributed by atoms with van der Waals surface area (Å²) in [5.41, 5.74) is 1.12. The van der Waals surface area contributed by atoms with Crippen LogP contribution in [0.4, 0.5) is 0 Å². The third-order valence-corrected chi connectivity index (χ3v) is 1.74. The third-order valence-electron chi connectivity index (χ3n) is 1.37. The summed E-state index contributed by atoms with van der Waals surface area (Å²) in [4.78, 5) is 0.725. The Labute approximate surface area is 65.7 Å². The van der Waals surface area contributed by atoms with E-state index in [0.717, 1.165) is 10.4 Å². The molecule has 1 aliphatic rings. The van der Waals surface area contributed by atoms with E-state index >= 15 is 0 Å². The van der Waals surface area contributed by atoms with Gasteiger partial charge in [-0.15, -0.1) is 0 Å². The van der Waals surface area contributed by atoms with E-state index < -0.39 is 0 Å². The van der Waals surface area contributed by atoms with Crippen LogP contribution in [0, 0.1) is 17.2 Å². The highest BCUT2D eigenvalue weighted by molar-refractivity contribution is 7.80. The molecule has 0 spiro atoms. The largest absolute Gasteiger partial charge is 0.197 e. The summed E-state index contributed by atoms with van der Waals surface area (Å²) < 4.78 is 0. The topological polar surface area (TPSA) is 23.8 Å². The van der Waals surface area contributed by atoms with Crippen LogP contribution in [0.5, 0.6) is 0 Å². The summed E-state index contributed by atoms with van der Waals surface area (Å²) >= 11 is 4.95. The Morgan fingerprint density at radius 1 is 1.70 bits per heavy atom. The van der Waals surface area contributed by atoms with Crippen LogP contribution in [0.25, 0.3) is 0 Å². The first-order valence-corrected chi connectivity index (χ1v) is 3.45. The van der Waals surface area contributed by atoms with Crippen LogP contribution in [0.2, 0.25) is 0 Å². The zero-order valence-electron chi connectivity index (χ0n) is 5.66. The van der Waals surface area contributed by atoms with Gasteiger partial charge in [0.2, 0.25) is 0 Å². The van der Waals surface area contributed by atoms with Gasteiger partial charge in [0.25, 0.3) is 0 Å². The van der Waals surface area contributed by atoms with Crippen molar-refractivity contribution in [2.45, 2.75) is 6.92 Å². The van der Waals surface area contributed by atoms with Gasteiger partial charge in [-0.1, -0.05) is 29.9 Å². The Kier molecular flexibility index (Phi) is 1.98. The molecule has 1 nitrogen and oxygen atoms in total. The number of thiocarbonyl (C=S) groups is 1. The van der Waals surface area contributed by atoms with Gasteiger partial charge in [0, 0.05) is 4.86 Å². The summed E-state index contributed by atoms with van der Waals surface area (Å²) in [5.74, 6) is -0.182. The molecule has 2 heteroatoms. The number of allylic oxidation sites excluding steroid dienone is 4. The predicted octanol–water partition coefficient (Wildman–Crippen LogP) is 2.01. The van der Waals surface area contributed by atoms with Gasteiger partial charge in [-0.05, 0) is 13.0 Å². The Morgan fingerprint density at radius 3 is 2.90 bits per heavy atom. The van der Waals surface area contributed by atoms with Crippen LogP contribution in [-0.2, 0) is 0 Å². The second-order valence-corrected chi connectivity index (χ2v) is 2.73. The van der Waals surface area contributed by atoms with Gasteiger partial charge >= 0.3 is 0 Å². The lowest BCUT2D eigenvalue weighted by Crippen LogP contribution is -2.07. The minimum Gasteiger partial charge on any atom is -0.197 e. The van der Waals surface area contributed by atoms with Crippen molar-refractivity contribution in [3.8, 4) is 6.07 Å². The molecule has 1 atom stereocenters. The van der Waals surface area contributed by atoms with Gasteiger partial charge < -0.3 is 0 Å². The zero-order chi connectivity index (χ0) is 7.56.